The number of nitrogens with two attached hydrogens (primary N) is 2. The van der Waals surface area contributed by atoms with Gasteiger partial charge in [-0.25, -0.2) is 4.79 Å². The average molecular weight is 461 g/mol. The number of carbonyl (C=O) groups excluding carboxylic acids is 4. The van der Waals surface area contributed by atoms with Gasteiger partial charge in [0.1, 0.15) is 12.1 Å². The van der Waals surface area contributed by atoms with Crippen molar-refractivity contribution in [1.82, 2.24) is 16.0 Å². The van der Waals surface area contributed by atoms with Crippen LogP contribution in [0.2, 0.25) is 0 Å². The molecular weight excluding hydrogens is 430 g/mol. The fourth-order valence-corrected chi connectivity index (χ4v) is 2.60. The summed E-state index contributed by atoms with van der Waals surface area (Å²) in [7, 11) is 0. The summed E-state index contributed by atoms with van der Waals surface area (Å²) in [6.07, 6.45) is -2.87. The maximum Gasteiger partial charge on any atom is 0.328 e. The van der Waals surface area contributed by atoms with Crippen molar-refractivity contribution in [1.29, 1.82) is 0 Å². The molecule has 14 nitrogen and oxygen atoms in total. The molecule has 0 radical (unpaired) electrons. The summed E-state index contributed by atoms with van der Waals surface area (Å²) in [6, 6.07) is -6.11. The van der Waals surface area contributed by atoms with E-state index in [0.29, 0.717) is 0 Å². The summed E-state index contributed by atoms with van der Waals surface area (Å²) in [6.45, 7) is 4.71. The van der Waals surface area contributed by atoms with Gasteiger partial charge in [0.05, 0.1) is 25.0 Å². The molecule has 0 heterocycles. The van der Waals surface area contributed by atoms with Crippen LogP contribution in [0.15, 0.2) is 0 Å². The molecule has 0 aromatic carbocycles. The van der Waals surface area contributed by atoms with Crippen LogP contribution in [0.25, 0.3) is 0 Å². The Bertz CT molecular complexity index is 726. The fourth-order valence-electron chi connectivity index (χ4n) is 2.60. The summed E-state index contributed by atoms with van der Waals surface area (Å²) >= 11 is 0. The first kappa shape index (κ1) is 28.7. The highest BCUT2D eigenvalue weighted by atomic mass is 16.4. The number of amides is 4. The number of carbonyl (C=O) groups is 6. The van der Waals surface area contributed by atoms with Gasteiger partial charge in [-0.05, 0) is 19.3 Å². The van der Waals surface area contributed by atoms with Gasteiger partial charge in [0.15, 0.2) is 6.04 Å². The minimum Gasteiger partial charge on any atom is -0.481 e. The zero-order valence-electron chi connectivity index (χ0n) is 18.0. The molecule has 0 aromatic rings. The van der Waals surface area contributed by atoms with Gasteiger partial charge in [-0.3, -0.25) is 24.0 Å². The molecule has 0 saturated heterocycles. The van der Waals surface area contributed by atoms with Crippen LogP contribution in [0.4, 0.5) is 0 Å². The second-order valence-electron chi connectivity index (χ2n) is 7.69. The van der Waals surface area contributed by atoms with Gasteiger partial charge < -0.3 is 42.7 Å². The van der Waals surface area contributed by atoms with Crippen molar-refractivity contribution in [2.75, 3.05) is 0 Å². The Morgan fingerprint density at radius 1 is 0.812 bits per heavy atom. The molecule has 0 aliphatic rings. The molecule has 10 N–H and O–H groups in total. The number of aliphatic hydroxyl groups excluding tert-OH is 1. The molecule has 5 unspecified atom stereocenters. The molecule has 0 spiro atoms. The number of hydrogen-bond acceptors (Lipinski definition) is 8. The van der Waals surface area contributed by atoms with Crippen LogP contribution in [0.5, 0.6) is 0 Å². The molecule has 0 fully saturated rings. The SMILES string of the molecule is CC(C)CC(N)C(=O)NC(CC(N)=O)C(=O)NC(CC(=O)O)C(=O)NC(C(=O)O)C(C)O. The Hall–Kier alpha value is -3.26. The van der Waals surface area contributed by atoms with Gasteiger partial charge in [0, 0.05) is 0 Å². The fraction of sp³-hybridized carbons (Fsp3) is 0.667. The first-order valence-corrected chi connectivity index (χ1v) is 9.73. The predicted molar refractivity (Wildman–Crippen MR) is 109 cm³/mol. The molecule has 32 heavy (non-hydrogen) atoms. The minimum absolute atomic E-state index is 0.0545. The molecule has 0 rings (SSSR count). The molecule has 0 aliphatic carbocycles. The third kappa shape index (κ3) is 10.7. The average Bonchev–Trinajstić information content (AvgIpc) is 2.62. The number of aliphatic carboxylic acids is 2. The minimum atomic E-state index is -1.78. The van der Waals surface area contributed by atoms with Gasteiger partial charge in [0.2, 0.25) is 23.6 Å². The van der Waals surface area contributed by atoms with E-state index >= 15 is 0 Å². The number of rotatable bonds is 14. The van der Waals surface area contributed by atoms with E-state index in [1.165, 1.54) is 0 Å². The van der Waals surface area contributed by atoms with E-state index in [0.717, 1.165) is 6.92 Å². The summed E-state index contributed by atoms with van der Waals surface area (Å²) in [5.41, 5.74) is 10.8. The second kappa shape index (κ2) is 13.2. The van der Waals surface area contributed by atoms with Crippen molar-refractivity contribution in [3.63, 3.8) is 0 Å². The van der Waals surface area contributed by atoms with E-state index in [9.17, 15) is 33.9 Å². The lowest BCUT2D eigenvalue weighted by Crippen LogP contribution is -2.59. The van der Waals surface area contributed by atoms with Crippen LogP contribution in [0, 0.1) is 5.92 Å². The topological polar surface area (TPSA) is 251 Å². The van der Waals surface area contributed by atoms with E-state index in [-0.39, 0.29) is 12.3 Å². The highest BCUT2D eigenvalue weighted by Crippen LogP contribution is 2.05. The number of primary amides is 1. The van der Waals surface area contributed by atoms with Gasteiger partial charge in [0.25, 0.3) is 0 Å². The summed E-state index contributed by atoms with van der Waals surface area (Å²) in [5, 5.41) is 33.8. The third-order valence-electron chi connectivity index (χ3n) is 4.16. The van der Waals surface area contributed by atoms with Crippen molar-refractivity contribution in [2.45, 2.75) is 70.3 Å². The first-order chi connectivity index (χ1) is 14.6. The Balaban J connectivity index is 5.54. The van der Waals surface area contributed by atoms with E-state index < -0.39 is 78.7 Å². The second-order valence-corrected chi connectivity index (χ2v) is 7.69. The van der Waals surface area contributed by atoms with Crippen LogP contribution >= 0.6 is 0 Å². The Labute approximate surface area is 184 Å². The van der Waals surface area contributed by atoms with Crippen LogP contribution in [0.3, 0.4) is 0 Å². The highest BCUT2D eigenvalue weighted by Gasteiger charge is 2.33. The summed E-state index contributed by atoms with van der Waals surface area (Å²) < 4.78 is 0. The lowest BCUT2D eigenvalue weighted by molar-refractivity contribution is -0.146. The zero-order valence-corrected chi connectivity index (χ0v) is 18.0. The van der Waals surface area contributed by atoms with Gasteiger partial charge in [-0.2, -0.15) is 0 Å². The summed E-state index contributed by atoms with van der Waals surface area (Å²) in [5.74, 6) is -7.11. The van der Waals surface area contributed by atoms with E-state index in [4.69, 9.17) is 21.7 Å². The van der Waals surface area contributed by atoms with Crippen LogP contribution in [0.1, 0.15) is 40.0 Å². The quantitative estimate of drug-likeness (QED) is 0.127. The van der Waals surface area contributed by atoms with Crippen molar-refractivity contribution < 1.29 is 44.1 Å². The Morgan fingerprint density at radius 2 is 1.28 bits per heavy atom. The molecule has 0 aromatic heterocycles. The largest absolute Gasteiger partial charge is 0.481 e. The molecule has 5 atom stereocenters. The third-order valence-corrected chi connectivity index (χ3v) is 4.16. The molecular formula is C18H31N5O9. The Kier molecular flexibility index (Phi) is 11.9. The van der Waals surface area contributed by atoms with E-state index in [1.807, 2.05) is 19.2 Å². The van der Waals surface area contributed by atoms with Crippen LogP contribution < -0.4 is 27.4 Å². The standard InChI is InChI=1S/C18H31N5O9/c1-7(2)4-9(19)15(28)21-10(5-12(20)25)16(29)22-11(6-13(26)27)17(30)23-14(8(3)24)18(31)32/h7-11,14,24H,4-6,19H2,1-3H3,(H2,20,25)(H,21,28)(H,22,29)(H,23,30)(H,26,27)(H,31,32). The highest BCUT2D eigenvalue weighted by molar-refractivity contribution is 5.97. The molecule has 0 aliphatic heterocycles. The number of aliphatic hydroxyl groups is 1. The molecule has 0 bridgehead atoms. The first-order valence-electron chi connectivity index (χ1n) is 9.73. The van der Waals surface area contributed by atoms with Crippen molar-refractivity contribution in [2.24, 2.45) is 17.4 Å². The number of hydrogen-bond donors (Lipinski definition) is 8. The lowest BCUT2D eigenvalue weighted by atomic mass is 10.0. The number of carboxylic acid groups (broad SMARTS) is 2. The molecule has 4 amide bonds. The van der Waals surface area contributed by atoms with E-state index in [2.05, 4.69) is 10.6 Å². The van der Waals surface area contributed by atoms with Gasteiger partial charge >= 0.3 is 11.9 Å². The van der Waals surface area contributed by atoms with Crippen LogP contribution in [-0.2, 0) is 28.8 Å². The maximum absolute atomic E-state index is 12.6. The van der Waals surface area contributed by atoms with E-state index in [1.54, 1.807) is 0 Å². The molecule has 182 valence electrons. The van der Waals surface area contributed by atoms with Gasteiger partial charge in [-0.1, -0.05) is 13.8 Å². The van der Waals surface area contributed by atoms with Crippen molar-refractivity contribution in [3.05, 3.63) is 0 Å². The normalized spacial score (nSPS) is 15.6. The lowest BCUT2D eigenvalue weighted by Gasteiger charge is -2.25. The predicted octanol–water partition coefficient (Wildman–Crippen LogP) is -3.37. The monoisotopic (exact) mass is 461 g/mol. The van der Waals surface area contributed by atoms with Gasteiger partial charge in [-0.15, -0.1) is 0 Å². The zero-order chi connectivity index (χ0) is 25.2. The van der Waals surface area contributed by atoms with Crippen LogP contribution in [-0.4, -0.2) is 81.2 Å². The summed E-state index contributed by atoms with van der Waals surface area (Å²) in [4.78, 5) is 70.8. The maximum atomic E-state index is 12.6. The van der Waals surface area contributed by atoms with Crippen molar-refractivity contribution in [3.8, 4) is 0 Å². The number of nitrogens with one attached hydrogen (secondary N) is 3. The number of carboxylic acids is 2. The van der Waals surface area contributed by atoms with Crippen molar-refractivity contribution >= 4 is 35.6 Å². The molecule has 0 saturated carbocycles. The Morgan fingerprint density at radius 3 is 1.69 bits per heavy atom. The molecule has 14 heteroatoms. The smallest absolute Gasteiger partial charge is 0.328 e.